The van der Waals surface area contributed by atoms with Crippen LogP contribution in [0.25, 0.3) is 0 Å². The lowest BCUT2D eigenvalue weighted by molar-refractivity contribution is -0.117. The number of urea groups is 1. The van der Waals surface area contributed by atoms with Gasteiger partial charge in [-0.2, -0.15) is 31.9 Å². The summed E-state index contributed by atoms with van der Waals surface area (Å²) in [5.74, 6) is 1.40. The lowest BCUT2D eigenvalue weighted by Gasteiger charge is -2.26. The van der Waals surface area contributed by atoms with Gasteiger partial charge in [0.15, 0.2) is 5.82 Å². The number of hydrogen-bond donors (Lipinski definition) is 3. The van der Waals surface area contributed by atoms with Gasteiger partial charge in [-0.1, -0.05) is 0 Å². The number of alkyl halides is 1. The second-order valence-corrected chi connectivity index (χ2v) is 7.97. The van der Waals surface area contributed by atoms with Gasteiger partial charge in [0, 0.05) is 42.5 Å². The molecule has 1 atom stereocenters. The smallest absolute Gasteiger partial charge is 0.318 e. The molecule has 2 aromatic heterocycles. The summed E-state index contributed by atoms with van der Waals surface area (Å²) in [6.45, 7) is 1.21. The van der Waals surface area contributed by atoms with E-state index in [0.29, 0.717) is 17.1 Å². The number of anilines is 1. The Morgan fingerprint density at radius 3 is 2.79 bits per heavy atom. The van der Waals surface area contributed by atoms with Crippen LogP contribution in [-0.2, 0) is 18.0 Å². The number of nitrogens with one attached hydrogen (secondary N) is 3. The van der Waals surface area contributed by atoms with Crippen molar-refractivity contribution < 1.29 is 14.0 Å². The Kier molecular flexibility index (Phi) is 5.94. The van der Waals surface area contributed by atoms with Crippen molar-refractivity contribution in [1.82, 2.24) is 40.5 Å². The molecular formula is C16H22FN9O2S. The van der Waals surface area contributed by atoms with Crippen LogP contribution in [0.4, 0.5) is 15.0 Å². The average molecular weight is 423 g/mol. The minimum atomic E-state index is -0.674. The lowest BCUT2D eigenvalue weighted by Crippen LogP contribution is -2.50. The molecule has 2 aliphatic heterocycles. The van der Waals surface area contributed by atoms with E-state index in [0.717, 1.165) is 24.6 Å². The quantitative estimate of drug-likeness (QED) is 0.604. The topological polar surface area (TPSA) is 122 Å². The summed E-state index contributed by atoms with van der Waals surface area (Å²) < 4.78 is 15.2. The molecule has 1 unspecified atom stereocenters. The molecule has 4 heterocycles. The molecule has 0 saturated carbocycles. The normalized spacial score (nSPS) is 19.5. The molecule has 4 rings (SSSR count). The van der Waals surface area contributed by atoms with Crippen molar-refractivity contribution in [3.05, 3.63) is 23.7 Å². The lowest BCUT2D eigenvalue weighted by atomic mass is 9.93. The first-order valence-corrected chi connectivity index (χ1v) is 10.5. The van der Waals surface area contributed by atoms with Gasteiger partial charge in [0.2, 0.25) is 5.91 Å². The van der Waals surface area contributed by atoms with Gasteiger partial charge in [-0.3, -0.25) is 14.6 Å². The van der Waals surface area contributed by atoms with Crippen LogP contribution in [0.1, 0.15) is 23.6 Å². The molecule has 0 spiro atoms. The summed E-state index contributed by atoms with van der Waals surface area (Å²) in [6.07, 6.45) is 3.14. The largest absolute Gasteiger partial charge is 0.330 e. The maximum Gasteiger partial charge on any atom is 0.330 e. The van der Waals surface area contributed by atoms with Crippen molar-refractivity contribution in [2.75, 3.05) is 36.6 Å². The predicted octanol–water partition coefficient (Wildman–Crippen LogP) is 0.139. The van der Waals surface area contributed by atoms with Crippen LogP contribution in [0.15, 0.2) is 12.4 Å². The number of carbonyl (C=O) groups is 2. The van der Waals surface area contributed by atoms with E-state index in [1.165, 1.54) is 4.80 Å². The van der Waals surface area contributed by atoms with Crippen molar-refractivity contribution >= 4 is 29.5 Å². The summed E-state index contributed by atoms with van der Waals surface area (Å²) in [5, 5.41) is 19.9. The summed E-state index contributed by atoms with van der Waals surface area (Å²) in [4.78, 5) is 25.6. The van der Waals surface area contributed by atoms with E-state index in [9.17, 15) is 14.0 Å². The third-order valence-corrected chi connectivity index (χ3v) is 5.74. The van der Waals surface area contributed by atoms with E-state index in [-0.39, 0.29) is 31.6 Å². The maximum absolute atomic E-state index is 13.6. The molecule has 0 bridgehead atoms. The van der Waals surface area contributed by atoms with Crippen LogP contribution in [0.3, 0.4) is 0 Å². The molecule has 2 aromatic rings. The van der Waals surface area contributed by atoms with Gasteiger partial charge in [-0.25, -0.2) is 14.5 Å². The van der Waals surface area contributed by atoms with Crippen LogP contribution in [0.2, 0.25) is 0 Å². The van der Waals surface area contributed by atoms with Gasteiger partial charge in [-0.05, 0) is 0 Å². The summed E-state index contributed by atoms with van der Waals surface area (Å²) in [7, 11) is 0. The van der Waals surface area contributed by atoms with E-state index in [4.69, 9.17) is 0 Å². The maximum atomic E-state index is 13.6. The highest BCUT2D eigenvalue weighted by molar-refractivity contribution is 7.99. The van der Waals surface area contributed by atoms with E-state index >= 15 is 0 Å². The van der Waals surface area contributed by atoms with Crippen molar-refractivity contribution in [1.29, 1.82) is 0 Å². The summed E-state index contributed by atoms with van der Waals surface area (Å²) in [5.41, 5.74) is 4.08. The standard InChI is InChI=1S/C16H22FN9O2S/c17-8-11-7-13(27)21-15-14(11)12(9-26-19-1-2-20-26)25(22-15)10-18-16(28)23-24-3-5-29-6-4-24/h1-2,11H,3-10H2,(H2,18,23,28)(H,21,22,27). The van der Waals surface area contributed by atoms with Gasteiger partial charge < -0.3 is 10.6 Å². The third kappa shape index (κ3) is 4.50. The SMILES string of the molecule is O=C1CC(CF)c2c(nn(CNC(=O)NN3CCSCC3)c2Cn2nccn2)N1. The number of hydrogen-bond acceptors (Lipinski definition) is 7. The fourth-order valence-corrected chi connectivity index (χ4v) is 4.34. The zero-order valence-electron chi connectivity index (χ0n) is 15.7. The number of amides is 3. The number of rotatable bonds is 6. The Morgan fingerprint density at radius 1 is 1.31 bits per heavy atom. The number of hydrazine groups is 1. The molecule has 29 heavy (non-hydrogen) atoms. The number of carbonyl (C=O) groups excluding carboxylic acids is 2. The van der Waals surface area contributed by atoms with E-state index < -0.39 is 12.6 Å². The second kappa shape index (κ2) is 8.78. The minimum Gasteiger partial charge on any atom is -0.318 e. The minimum absolute atomic E-state index is 0.0512. The number of nitrogens with zero attached hydrogens (tertiary/aromatic N) is 6. The number of thioether (sulfide) groups is 1. The van der Waals surface area contributed by atoms with Crippen molar-refractivity contribution in [2.24, 2.45) is 0 Å². The van der Waals surface area contributed by atoms with Crippen LogP contribution >= 0.6 is 11.8 Å². The van der Waals surface area contributed by atoms with Crippen molar-refractivity contribution in [3.8, 4) is 0 Å². The molecule has 0 radical (unpaired) electrons. The number of fused-ring (bicyclic) bond motifs is 1. The van der Waals surface area contributed by atoms with Gasteiger partial charge >= 0.3 is 6.03 Å². The Bertz CT molecular complexity index is 866. The highest BCUT2D eigenvalue weighted by Crippen LogP contribution is 2.35. The van der Waals surface area contributed by atoms with Crippen molar-refractivity contribution in [3.63, 3.8) is 0 Å². The molecule has 0 aromatic carbocycles. The molecule has 3 amide bonds. The molecule has 1 saturated heterocycles. The van der Waals surface area contributed by atoms with Crippen LogP contribution in [-0.4, -0.2) is 73.0 Å². The molecule has 156 valence electrons. The first kappa shape index (κ1) is 19.6. The van der Waals surface area contributed by atoms with Crippen LogP contribution in [0, 0.1) is 0 Å². The van der Waals surface area contributed by atoms with Crippen molar-refractivity contribution in [2.45, 2.75) is 25.6 Å². The first-order valence-electron chi connectivity index (χ1n) is 9.30. The van der Waals surface area contributed by atoms with Gasteiger partial charge in [0.1, 0.15) is 13.2 Å². The van der Waals surface area contributed by atoms with Gasteiger partial charge in [0.05, 0.1) is 24.8 Å². The second-order valence-electron chi connectivity index (χ2n) is 6.75. The Morgan fingerprint density at radius 2 is 2.07 bits per heavy atom. The summed E-state index contributed by atoms with van der Waals surface area (Å²) >= 11 is 1.85. The third-order valence-electron chi connectivity index (χ3n) is 4.80. The van der Waals surface area contributed by atoms with E-state index in [1.54, 1.807) is 17.1 Å². The zero-order chi connectivity index (χ0) is 20.2. The van der Waals surface area contributed by atoms with Crippen LogP contribution < -0.4 is 16.1 Å². The van der Waals surface area contributed by atoms with E-state index in [1.807, 2.05) is 16.8 Å². The Labute approximate surface area is 170 Å². The molecule has 3 N–H and O–H groups in total. The van der Waals surface area contributed by atoms with Gasteiger partial charge in [-0.15, -0.1) is 0 Å². The predicted molar refractivity (Wildman–Crippen MR) is 104 cm³/mol. The summed E-state index contributed by atoms with van der Waals surface area (Å²) in [6, 6.07) is -0.348. The highest BCUT2D eigenvalue weighted by atomic mass is 32.2. The average Bonchev–Trinajstić information content (AvgIpc) is 3.35. The van der Waals surface area contributed by atoms with E-state index in [2.05, 4.69) is 31.4 Å². The molecule has 0 aliphatic carbocycles. The molecule has 11 nitrogen and oxygen atoms in total. The van der Waals surface area contributed by atoms with Gasteiger partial charge in [0.25, 0.3) is 0 Å². The number of halogens is 1. The number of aromatic nitrogens is 5. The first-order chi connectivity index (χ1) is 14.1. The fourth-order valence-electron chi connectivity index (χ4n) is 3.43. The Balaban J connectivity index is 1.52. The Hall–Kier alpha value is -2.67. The fraction of sp³-hybridized carbons (Fsp3) is 0.562. The molecular weight excluding hydrogens is 401 g/mol. The molecule has 2 aliphatic rings. The van der Waals surface area contributed by atoms with Crippen LogP contribution in [0.5, 0.6) is 0 Å². The zero-order valence-corrected chi connectivity index (χ0v) is 16.5. The monoisotopic (exact) mass is 423 g/mol. The molecule has 13 heteroatoms. The molecule has 1 fully saturated rings. The highest BCUT2D eigenvalue weighted by Gasteiger charge is 2.32.